The Hall–Kier alpha value is -1.39. The van der Waals surface area contributed by atoms with Gasteiger partial charge in [-0.2, -0.15) is 0 Å². The summed E-state index contributed by atoms with van der Waals surface area (Å²) in [6, 6.07) is 10.6. The van der Waals surface area contributed by atoms with Crippen LogP contribution in [0.5, 0.6) is 0 Å². The van der Waals surface area contributed by atoms with E-state index in [-0.39, 0.29) is 11.9 Å². The van der Waals surface area contributed by atoms with Crippen LogP contribution in [0, 0.1) is 0 Å². The molecule has 110 valence electrons. The van der Waals surface area contributed by atoms with Crippen LogP contribution >= 0.6 is 0 Å². The Kier molecular flexibility index (Phi) is 5.56. The third kappa shape index (κ3) is 4.32. The molecular formula is C16H24N2O2. The van der Waals surface area contributed by atoms with Crippen molar-refractivity contribution < 1.29 is 9.53 Å². The molecule has 1 aliphatic heterocycles. The van der Waals surface area contributed by atoms with Crippen LogP contribution in [-0.2, 0) is 9.53 Å². The summed E-state index contributed by atoms with van der Waals surface area (Å²) >= 11 is 0. The molecule has 1 fully saturated rings. The summed E-state index contributed by atoms with van der Waals surface area (Å²) in [5.74, 6) is 0.642. The number of hydrogen-bond donors (Lipinski definition) is 1. The van der Waals surface area contributed by atoms with Crippen LogP contribution in [0.25, 0.3) is 0 Å². The Morgan fingerprint density at radius 2 is 2.20 bits per heavy atom. The molecule has 2 rings (SSSR count). The van der Waals surface area contributed by atoms with Crippen LogP contribution in [0.15, 0.2) is 30.3 Å². The van der Waals surface area contributed by atoms with E-state index in [2.05, 4.69) is 34.5 Å². The Labute approximate surface area is 121 Å². The predicted octanol–water partition coefficient (Wildman–Crippen LogP) is 1.63. The van der Waals surface area contributed by atoms with Crippen molar-refractivity contribution in [2.75, 3.05) is 33.4 Å². The third-order valence-electron chi connectivity index (χ3n) is 3.73. The van der Waals surface area contributed by atoms with Crippen molar-refractivity contribution in [2.45, 2.75) is 25.3 Å². The zero-order valence-corrected chi connectivity index (χ0v) is 12.3. The maximum Gasteiger partial charge on any atom is 0.234 e. The molecule has 1 aromatic rings. The summed E-state index contributed by atoms with van der Waals surface area (Å²) in [5, 5.41) is 2.96. The summed E-state index contributed by atoms with van der Waals surface area (Å²) < 4.78 is 5.02. The molecule has 1 aliphatic rings. The summed E-state index contributed by atoms with van der Waals surface area (Å²) in [7, 11) is 1.65. The molecule has 1 N–H and O–H groups in total. The SMILES string of the molecule is COC[C@H](C)NC(=O)CN1CC[C@@H](c2ccccc2)C1. The summed E-state index contributed by atoms with van der Waals surface area (Å²) in [5.41, 5.74) is 1.38. The number of carbonyl (C=O) groups excluding carboxylic acids is 1. The minimum Gasteiger partial charge on any atom is -0.383 e. The number of amides is 1. The van der Waals surface area contributed by atoms with E-state index in [0.717, 1.165) is 19.5 Å². The van der Waals surface area contributed by atoms with E-state index in [1.165, 1.54) is 5.56 Å². The van der Waals surface area contributed by atoms with Crippen LogP contribution in [0.3, 0.4) is 0 Å². The molecule has 0 aromatic heterocycles. The van der Waals surface area contributed by atoms with Crippen LogP contribution in [-0.4, -0.2) is 50.2 Å². The lowest BCUT2D eigenvalue weighted by atomic mass is 9.99. The number of rotatable bonds is 6. The molecule has 0 spiro atoms. The molecule has 1 amide bonds. The fourth-order valence-electron chi connectivity index (χ4n) is 2.79. The van der Waals surface area contributed by atoms with Gasteiger partial charge in [0.25, 0.3) is 0 Å². The van der Waals surface area contributed by atoms with Crippen LogP contribution in [0.4, 0.5) is 0 Å². The second-order valence-electron chi connectivity index (χ2n) is 5.56. The Bertz CT molecular complexity index is 422. The monoisotopic (exact) mass is 276 g/mol. The van der Waals surface area contributed by atoms with Gasteiger partial charge in [0.05, 0.1) is 13.2 Å². The molecule has 0 saturated carbocycles. The number of carbonyl (C=O) groups is 1. The van der Waals surface area contributed by atoms with E-state index in [1.54, 1.807) is 7.11 Å². The number of nitrogens with one attached hydrogen (secondary N) is 1. The van der Waals surface area contributed by atoms with E-state index < -0.39 is 0 Å². The van der Waals surface area contributed by atoms with E-state index in [4.69, 9.17) is 4.74 Å². The topological polar surface area (TPSA) is 41.6 Å². The largest absolute Gasteiger partial charge is 0.383 e. The van der Waals surface area contributed by atoms with Gasteiger partial charge in [0.15, 0.2) is 0 Å². The fourth-order valence-corrected chi connectivity index (χ4v) is 2.79. The summed E-state index contributed by atoms with van der Waals surface area (Å²) in [6.45, 7) is 4.95. The van der Waals surface area contributed by atoms with Crippen molar-refractivity contribution in [1.29, 1.82) is 0 Å². The van der Waals surface area contributed by atoms with Gasteiger partial charge in [-0.15, -0.1) is 0 Å². The highest BCUT2D eigenvalue weighted by Gasteiger charge is 2.25. The molecule has 1 heterocycles. The number of hydrogen-bond acceptors (Lipinski definition) is 3. The van der Waals surface area contributed by atoms with Crippen LogP contribution in [0.2, 0.25) is 0 Å². The Morgan fingerprint density at radius 1 is 1.45 bits per heavy atom. The zero-order chi connectivity index (χ0) is 14.4. The van der Waals surface area contributed by atoms with Gasteiger partial charge >= 0.3 is 0 Å². The first-order chi connectivity index (χ1) is 9.69. The highest BCUT2D eigenvalue weighted by molar-refractivity contribution is 5.78. The van der Waals surface area contributed by atoms with Gasteiger partial charge in [-0.25, -0.2) is 0 Å². The molecule has 20 heavy (non-hydrogen) atoms. The molecule has 4 heteroatoms. The lowest BCUT2D eigenvalue weighted by molar-refractivity contribution is -0.122. The van der Waals surface area contributed by atoms with Gasteiger partial charge in [0.2, 0.25) is 5.91 Å². The highest BCUT2D eigenvalue weighted by Crippen LogP contribution is 2.26. The minimum atomic E-state index is 0.0695. The van der Waals surface area contributed by atoms with Gasteiger partial charge in [-0.3, -0.25) is 9.69 Å². The number of methoxy groups -OCH3 is 1. The lowest BCUT2D eigenvalue weighted by Crippen LogP contribution is -2.42. The van der Waals surface area contributed by atoms with Gasteiger partial charge in [0, 0.05) is 19.7 Å². The smallest absolute Gasteiger partial charge is 0.234 e. The van der Waals surface area contributed by atoms with Crippen molar-refractivity contribution in [3.63, 3.8) is 0 Å². The molecule has 4 nitrogen and oxygen atoms in total. The van der Waals surface area contributed by atoms with Crippen molar-refractivity contribution in [2.24, 2.45) is 0 Å². The molecule has 0 radical (unpaired) electrons. The van der Waals surface area contributed by atoms with Crippen LogP contribution < -0.4 is 5.32 Å². The predicted molar refractivity (Wildman–Crippen MR) is 79.7 cm³/mol. The highest BCUT2D eigenvalue weighted by atomic mass is 16.5. The normalized spacial score (nSPS) is 20.8. The second kappa shape index (κ2) is 7.41. The number of ether oxygens (including phenoxy) is 1. The van der Waals surface area contributed by atoms with E-state index in [9.17, 15) is 4.79 Å². The third-order valence-corrected chi connectivity index (χ3v) is 3.73. The average molecular weight is 276 g/mol. The fraction of sp³-hybridized carbons (Fsp3) is 0.562. The number of likely N-dealkylation sites (tertiary alicyclic amines) is 1. The van der Waals surface area contributed by atoms with Gasteiger partial charge < -0.3 is 10.1 Å². The van der Waals surface area contributed by atoms with Crippen LogP contribution in [0.1, 0.15) is 24.8 Å². The standard InChI is InChI=1S/C16H24N2O2/c1-13(12-20-2)17-16(19)11-18-9-8-15(10-18)14-6-4-3-5-7-14/h3-7,13,15H,8-12H2,1-2H3,(H,17,19)/t13-,15+/m0/s1. The van der Waals surface area contributed by atoms with Crippen molar-refractivity contribution in [3.8, 4) is 0 Å². The minimum absolute atomic E-state index is 0.0695. The number of nitrogens with zero attached hydrogens (tertiary/aromatic N) is 1. The van der Waals surface area contributed by atoms with E-state index in [1.807, 2.05) is 13.0 Å². The molecular weight excluding hydrogens is 252 g/mol. The van der Waals surface area contributed by atoms with Gasteiger partial charge in [0.1, 0.15) is 0 Å². The van der Waals surface area contributed by atoms with E-state index in [0.29, 0.717) is 19.1 Å². The zero-order valence-electron chi connectivity index (χ0n) is 12.3. The molecule has 0 bridgehead atoms. The summed E-state index contributed by atoms with van der Waals surface area (Å²) in [6.07, 6.45) is 1.13. The second-order valence-corrected chi connectivity index (χ2v) is 5.56. The molecule has 0 unspecified atom stereocenters. The molecule has 1 saturated heterocycles. The first-order valence-electron chi connectivity index (χ1n) is 7.24. The maximum atomic E-state index is 11.9. The quantitative estimate of drug-likeness (QED) is 0.858. The van der Waals surface area contributed by atoms with Crippen molar-refractivity contribution in [3.05, 3.63) is 35.9 Å². The Balaban J connectivity index is 1.77. The molecule has 1 aromatic carbocycles. The van der Waals surface area contributed by atoms with Crippen molar-refractivity contribution in [1.82, 2.24) is 10.2 Å². The first kappa shape index (κ1) is 15.0. The first-order valence-corrected chi connectivity index (χ1v) is 7.24. The maximum absolute atomic E-state index is 11.9. The summed E-state index contributed by atoms with van der Waals surface area (Å²) in [4.78, 5) is 14.1. The van der Waals surface area contributed by atoms with E-state index >= 15 is 0 Å². The van der Waals surface area contributed by atoms with Gasteiger partial charge in [-0.1, -0.05) is 30.3 Å². The van der Waals surface area contributed by atoms with Crippen molar-refractivity contribution >= 4 is 5.91 Å². The lowest BCUT2D eigenvalue weighted by Gasteiger charge is -2.18. The molecule has 0 aliphatic carbocycles. The number of benzene rings is 1. The average Bonchev–Trinajstić information content (AvgIpc) is 2.88. The Morgan fingerprint density at radius 3 is 2.90 bits per heavy atom. The van der Waals surface area contributed by atoms with Gasteiger partial charge in [-0.05, 0) is 31.4 Å². The molecule has 2 atom stereocenters.